The van der Waals surface area contributed by atoms with Crippen LogP contribution in [-0.2, 0) is 21.4 Å². The smallest absolute Gasteiger partial charge is 0.246 e. The van der Waals surface area contributed by atoms with E-state index in [2.05, 4.69) is 19.9 Å². The summed E-state index contributed by atoms with van der Waals surface area (Å²) in [6.45, 7) is 5.95. The van der Waals surface area contributed by atoms with E-state index in [1.165, 1.54) is 4.31 Å². The Balaban J connectivity index is 1.41. The third kappa shape index (κ3) is 5.31. The predicted molar refractivity (Wildman–Crippen MR) is 137 cm³/mol. The van der Waals surface area contributed by atoms with E-state index in [1.54, 1.807) is 29.2 Å². The van der Waals surface area contributed by atoms with Crippen LogP contribution in [0.3, 0.4) is 0 Å². The van der Waals surface area contributed by atoms with Gasteiger partial charge in [0, 0.05) is 61.5 Å². The summed E-state index contributed by atoms with van der Waals surface area (Å²) in [4.78, 5) is 14.8. The van der Waals surface area contributed by atoms with Gasteiger partial charge in [0.15, 0.2) is 0 Å². The molecule has 2 heterocycles. The van der Waals surface area contributed by atoms with E-state index in [-0.39, 0.29) is 23.9 Å². The van der Waals surface area contributed by atoms with E-state index < -0.39 is 10.0 Å². The van der Waals surface area contributed by atoms with Crippen LogP contribution in [0.15, 0.2) is 65.7 Å². The van der Waals surface area contributed by atoms with E-state index in [9.17, 15) is 13.2 Å². The Hall–Kier alpha value is -3.41. The Kier molecular flexibility index (Phi) is 7.39. The number of sulfonamides is 1. The summed E-state index contributed by atoms with van der Waals surface area (Å²) in [5.41, 5.74) is 3.03. The van der Waals surface area contributed by atoms with E-state index in [0.29, 0.717) is 32.0 Å². The summed E-state index contributed by atoms with van der Waals surface area (Å²) >= 11 is 0. The fraction of sp³-hybridized carbons (Fsp3) is 0.333. The number of hydrogen-bond acceptors (Lipinski definition) is 4. The van der Waals surface area contributed by atoms with Gasteiger partial charge in [-0.2, -0.15) is 9.57 Å². The molecule has 7 nitrogen and oxygen atoms in total. The zero-order valence-electron chi connectivity index (χ0n) is 20.1. The molecule has 3 aromatic rings. The lowest BCUT2D eigenvalue weighted by Gasteiger charge is -2.33. The molecule has 0 aliphatic carbocycles. The van der Waals surface area contributed by atoms with Gasteiger partial charge in [-0.25, -0.2) is 8.42 Å². The van der Waals surface area contributed by atoms with E-state index in [1.807, 2.05) is 47.2 Å². The molecule has 4 rings (SSSR count). The van der Waals surface area contributed by atoms with Gasteiger partial charge in [0.2, 0.25) is 15.9 Å². The summed E-state index contributed by atoms with van der Waals surface area (Å²) in [7, 11) is -3.59. The number of para-hydroxylation sites is 1. The van der Waals surface area contributed by atoms with Gasteiger partial charge in [-0.1, -0.05) is 44.2 Å². The first-order valence-corrected chi connectivity index (χ1v) is 13.3. The Morgan fingerprint density at radius 3 is 2.40 bits per heavy atom. The number of hydrogen-bond donors (Lipinski definition) is 0. The van der Waals surface area contributed by atoms with Crippen molar-refractivity contribution in [2.24, 2.45) is 0 Å². The zero-order chi connectivity index (χ0) is 25.0. The Morgan fingerprint density at radius 1 is 1.06 bits per heavy atom. The summed E-state index contributed by atoms with van der Waals surface area (Å²) in [5.74, 6) is 0.195. The molecule has 8 heteroatoms. The van der Waals surface area contributed by atoms with Crippen molar-refractivity contribution in [2.75, 3.05) is 26.2 Å². The number of nitrogens with zero attached hydrogens (tertiary/aromatic N) is 4. The molecule has 0 N–H and O–H groups in total. The molecule has 35 heavy (non-hydrogen) atoms. The highest BCUT2D eigenvalue weighted by Gasteiger charge is 2.29. The lowest BCUT2D eigenvalue weighted by molar-refractivity contribution is -0.127. The molecule has 0 atom stereocenters. The number of carbonyl (C=O) groups is 1. The highest BCUT2D eigenvalue weighted by molar-refractivity contribution is 7.89. The molecule has 1 aliphatic rings. The third-order valence-electron chi connectivity index (χ3n) is 6.42. The maximum atomic E-state index is 13.0. The molecule has 0 unspecified atom stereocenters. The van der Waals surface area contributed by atoms with Crippen LogP contribution in [0, 0.1) is 11.3 Å². The highest BCUT2D eigenvalue weighted by atomic mass is 32.2. The number of benzene rings is 2. The van der Waals surface area contributed by atoms with Crippen LogP contribution in [0.2, 0.25) is 0 Å². The van der Waals surface area contributed by atoms with Crippen LogP contribution >= 0.6 is 0 Å². The van der Waals surface area contributed by atoms with Crippen molar-refractivity contribution in [3.05, 3.63) is 71.9 Å². The van der Waals surface area contributed by atoms with Crippen molar-refractivity contribution in [3.63, 3.8) is 0 Å². The number of nitriles is 1. The number of rotatable bonds is 7. The second-order valence-corrected chi connectivity index (χ2v) is 10.9. The maximum absolute atomic E-state index is 13.0. The van der Waals surface area contributed by atoms with E-state index in [4.69, 9.17) is 5.26 Å². The van der Waals surface area contributed by atoms with Crippen LogP contribution in [0.4, 0.5) is 0 Å². The van der Waals surface area contributed by atoms with Gasteiger partial charge in [0.05, 0.1) is 17.4 Å². The number of fused-ring (bicyclic) bond motifs is 1. The standard InChI is InChI=1S/C27H30N4O3S/c1-21(2)22-8-11-24(12-9-22)35(33,34)31-18-16-29(17-19-31)27(32)13-10-23-20-30(15-5-14-28)26-7-4-3-6-25(23)26/h3-4,6-13,20-21H,5,15-19H2,1-2H3/b13-10+. The average molecular weight is 491 g/mol. The van der Waals surface area contributed by atoms with Gasteiger partial charge in [-0.15, -0.1) is 0 Å². The summed E-state index contributed by atoms with van der Waals surface area (Å²) in [5, 5.41) is 9.94. The minimum Gasteiger partial charge on any atom is -0.346 e. The predicted octanol–water partition coefficient (Wildman–Crippen LogP) is 4.22. The summed E-state index contributed by atoms with van der Waals surface area (Å²) in [6.07, 6.45) is 5.72. The lowest BCUT2D eigenvalue weighted by Crippen LogP contribution is -2.50. The number of aromatic nitrogens is 1. The normalized spacial score (nSPS) is 15.2. The first-order valence-electron chi connectivity index (χ1n) is 11.8. The van der Waals surface area contributed by atoms with Crippen molar-refractivity contribution < 1.29 is 13.2 Å². The molecule has 182 valence electrons. The fourth-order valence-corrected chi connectivity index (χ4v) is 5.77. The second kappa shape index (κ2) is 10.5. The van der Waals surface area contributed by atoms with Crippen LogP contribution < -0.4 is 0 Å². The van der Waals surface area contributed by atoms with Crippen LogP contribution in [0.25, 0.3) is 17.0 Å². The largest absolute Gasteiger partial charge is 0.346 e. The molecule has 1 saturated heterocycles. The molecule has 1 fully saturated rings. The minimum atomic E-state index is -3.59. The van der Waals surface area contributed by atoms with Gasteiger partial charge in [0.25, 0.3) is 0 Å². The van der Waals surface area contributed by atoms with Crippen LogP contribution in [-0.4, -0.2) is 54.3 Å². The van der Waals surface area contributed by atoms with Gasteiger partial charge in [0.1, 0.15) is 0 Å². The van der Waals surface area contributed by atoms with Crippen molar-refractivity contribution in [1.82, 2.24) is 13.8 Å². The number of aryl methyl sites for hydroxylation is 1. The molecule has 2 aromatic carbocycles. The molecule has 1 aliphatic heterocycles. The SMILES string of the molecule is CC(C)c1ccc(S(=O)(=O)N2CCN(C(=O)/C=C/c3cn(CCC#N)c4ccccc34)CC2)cc1. The van der Waals surface area contributed by atoms with Crippen molar-refractivity contribution >= 4 is 32.9 Å². The van der Waals surface area contributed by atoms with Crippen molar-refractivity contribution in [1.29, 1.82) is 5.26 Å². The first-order chi connectivity index (χ1) is 16.8. The number of carbonyl (C=O) groups excluding carboxylic acids is 1. The van der Waals surface area contributed by atoms with Crippen molar-refractivity contribution in [3.8, 4) is 6.07 Å². The topological polar surface area (TPSA) is 86.4 Å². The average Bonchev–Trinajstić information content (AvgIpc) is 3.23. The van der Waals surface area contributed by atoms with Gasteiger partial charge in [-0.3, -0.25) is 4.79 Å². The molecular formula is C27H30N4O3S. The first kappa shape index (κ1) is 24.7. The summed E-state index contributed by atoms with van der Waals surface area (Å²) < 4.78 is 29.6. The molecule has 1 amide bonds. The highest BCUT2D eigenvalue weighted by Crippen LogP contribution is 2.24. The molecule has 0 spiro atoms. The van der Waals surface area contributed by atoms with Gasteiger partial charge >= 0.3 is 0 Å². The molecule has 0 saturated carbocycles. The van der Waals surface area contributed by atoms with Crippen LogP contribution in [0.1, 0.15) is 37.3 Å². The quantitative estimate of drug-likeness (QED) is 0.464. The number of piperazine rings is 1. The second-order valence-electron chi connectivity index (χ2n) is 8.99. The molecule has 0 bridgehead atoms. The third-order valence-corrected chi connectivity index (χ3v) is 8.34. The fourth-order valence-electron chi connectivity index (χ4n) is 4.35. The van der Waals surface area contributed by atoms with Gasteiger partial charge in [-0.05, 0) is 35.8 Å². The maximum Gasteiger partial charge on any atom is 0.246 e. The molecule has 0 radical (unpaired) electrons. The molecule has 1 aromatic heterocycles. The van der Waals surface area contributed by atoms with E-state index in [0.717, 1.165) is 22.0 Å². The zero-order valence-corrected chi connectivity index (χ0v) is 20.9. The Morgan fingerprint density at radius 2 is 1.74 bits per heavy atom. The van der Waals surface area contributed by atoms with E-state index >= 15 is 0 Å². The van der Waals surface area contributed by atoms with Crippen molar-refractivity contribution in [2.45, 2.75) is 37.6 Å². The Labute approximate surface area is 206 Å². The van der Waals surface area contributed by atoms with Crippen LogP contribution in [0.5, 0.6) is 0 Å². The minimum absolute atomic E-state index is 0.141. The molecular weight excluding hydrogens is 460 g/mol. The monoisotopic (exact) mass is 490 g/mol. The summed E-state index contributed by atoms with van der Waals surface area (Å²) in [6, 6.07) is 17.1. The lowest BCUT2D eigenvalue weighted by atomic mass is 10.0. The number of amides is 1. The Bertz CT molecular complexity index is 1370. The van der Waals surface area contributed by atoms with Gasteiger partial charge < -0.3 is 9.47 Å².